The highest BCUT2D eigenvalue weighted by atomic mass is 16.6. The molecule has 0 spiro atoms. The van der Waals surface area contributed by atoms with E-state index in [-0.39, 0.29) is 12.5 Å². The number of rotatable bonds is 4. The minimum absolute atomic E-state index is 0.151. The summed E-state index contributed by atoms with van der Waals surface area (Å²) >= 11 is 0. The number of hydrogen-bond donors (Lipinski definition) is 1. The molecule has 130 valence electrons. The van der Waals surface area contributed by atoms with Gasteiger partial charge >= 0.3 is 0 Å². The molecule has 1 amide bonds. The summed E-state index contributed by atoms with van der Waals surface area (Å²) in [6.07, 6.45) is 6.17. The summed E-state index contributed by atoms with van der Waals surface area (Å²) in [6.45, 7) is 0.151. The van der Waals surface area contributed by atoms with Crippen LogP contribution in [0.25, 0.3) is 5.69 Å². The van der Waals surface area contributed by atoms with Gasteiger partial charge in [-0.2, -0.15) is 5.10 Å². The molecule has 26 heavy (non-hydrogen) atoms. The second-order valence-corrected chi connectivity index (χ2v) is 5.66. The van der Waals surface area contributed by atoms with Crippen molar-refractivity contribution in [3.05, 3.63) is 72.8 Å². The lowest BCUT2D eigenvalue weighted by Gasteiger charge is -2.24. The molecule has 1 N–H and O–H groups in total. The van der Waals surface area contributed by atoms with Gasteiger partial charge < -0.3 is 14.0 Å². The Balaban J connectivity index is 1.34. The number of aromatic nitrogens is 2. The highest BCUT2D eigenvalue weighted by Gasteiger charge is 2.26. The summed E-state index contributed by atoms with van der Waals surface area (Å²) in [5.74, 6) is 0.835. The first-order chi connectivity index (χ1) is 12.8. The smallest absolute Gasteiger partial charge is 0.284 e. The van der Waals surface area contributed by atoms with Crippen LogP contribution in [0.3, 0.4) is 0 Å². The SMILES string of the molecule is O=C(NN=Cc1ccc(-n2ccnc2)cc1)[C@@H]1COc2ccccc2O1. The van der Waals surface area contributed by atoms with Gasteiger partial charge in [0.2, 0.25) is 6.10 Å². The molecule has 7 heteroatoms. The molecule has 1 atom stereocenters. The van der Waals surface area contributed by atoms with Gasteiger partial charge in [0.1, 0.15) is 6.61 Å². The van der Waals surface area contributed by atoms with E-state index in [4.69, 9.17) is 9.47 Å². The van der Waals surface area contributed by atoms with Crippen LogP contribution in [0.2, 0.25) is 0 Å². The number of nitrogens with one attached hydrogen (secondary N) is 1. The zero-order chi connectivity index (χ0) is 17.8. The largest absolute Gasteiger partial charge is 0.485 e. The van der Waals surface area contributed by atoms with Gasteiger partial charge in [0.25, 0.3) is 5.91 Å². The summed E-state index contributed by atoms with van der Waals surface area (Å²) in [6, 6.07) is 14.9. The Morgan fingerprint density at radius 1 is 1.19 bits per heavy atom. The van der Waals surface area contributed by atoms with Gasteiger partial charge in [-0.15, -0.1) is 0 Å². The van der Waals surface area contributed by atoms with Crippen molar-refractivity contribution in [3.8, 4) is 17.2 Å². The Labute approximate surface area is 149 Å². The molecule has 0 bridgehead atoms. The van der Waals surface area contributed by atoms with Gasteiger partial charge in [-0.3, -0.25) is 4.79 Å². The summed E-state index contributed by atoms with van der Waals surface area (Å²) in [5.41, 5.74) is 4.34. The third-order valence-corrected chi connectivity index (χ3v) is 3.89. The van der Waals surface area contributed by atoms with Crippen LogP contribution in [0.1, 0.15) is 5.56 Å². The van der Waals surface area contributed by atoms with E-state index in [9.17, 15) is 4.79 Å². The van der Waals surface area contributed by atoms with E-state index in [1.54, 1.807) is 30.9 Å². The molecule has 0 radical (unpaired) electrons. The average Bonchev–Trinajstić information content (AvgIpc) is 3.23. The number of para-hydroxylation sites is 2. The molecule has 2 aromatic carbocycles. The lowest BCUT2D eigenvalue weighted by Crippen LogP contribution is -2.42. The molecule has 3 aromatic rings. The van der Waals surface area contributed by atoms with Crippen LogP contribution < -0.4 is 14.9 Å². The molecule has 1 aliphatic rings. The van der Waals surface area contributed by atoms with Crippen LogP contribution >= 0.6 is 0 Å². The first kappa shape index (κ1) is 15.9. The monoisotopic (exact) mass is 348 g/mol. The Bertz CT molecular complexity index is 920. The van der Waals surface area contributed by atoms with Crippen LogP contribution in [-0.4, -0.2) is 34.4 Å². The predicted molar refractivity (Wildman–Crippen MR) is 95.7 cm³/mol. The number of carbonyl (C=O) groups excluding carboxylic acids is 1. The Morgan fingerprint density at radius 2 is 2.00 bits per heavy atom. The highest BCUT2D eigenvalue weighted by Crippen LogP contribution is 2.30. The number of amides is 1. The van der Waals surface area contributed by atoms with Crippen molar-refractivity contribution >= 4 is 12.1 Å². The fourth-order valence-corrected chi connectivity index (χ4v) is 2.54. The van der Waals surface area contributed by atoms with E-state index in [1.165, 1.54) is 0 Å². The maximum absolute atomic E-state index is 12.2. The second-order valence-electron chi connectivity index (χ2n) is 5.66. The van der Waals surface area contributed by atoms with Crippen molar-refractivity contribution in [1.29, 1.82) is 0 Å². The van der Waals surface area contributed by atoms with Crippen LogP contribution in [0.5, 0.6) is 11.5 Å². The lowest BCUT2D eigenvalue weighted by atomic mass is 10.2. The van der Waals surface area contributed by atoms with Crippen LogP contribution in [0, 0.1) is 0 Å². The van der Waals surface area contributed by atoms with E-state index in [2.05, 4.69) is 15.5 Å². The Kier molecular flexibility index (Phi) is 4.34. The summed E-state index contributed by atoms with van der Waals surface area (Å²) in [7, 11) is 0. The predicted octanol–water partition coefficient (Wildman–Crippen LogP) is 2.16. The van der Waals surface area contributed by atoms with Gasteiger partial charge in [0.15, 0.2) is 11.5 Å². The molecule has 0 saturated heterocycles. The quantitative estimate of drug-likeness (QED) is 0.579. The molecular weight excluding hydrogens is 332 g/mol. The van der Waals surface area contributed by atoms with Crippen LogP contribution in [0.4, 0.5) is 0 Å². The first-order valence-corrected chi connectivity index (χ1v) is 8.09. The Hall–Kier alpha value is -3.61. The van der Waals surface area contributed by atoms with Crippen LogP contribution in [-0.2, 0) is 4.79 Å². The molecule has 0 aliphatic carbocycles. The minimum Gasteiger partial charge on any atom is -0.485 e. The standard InChI is InChI=1S/C19H16N4O3/c24-19(18-12-25-16-3-1-2-4-17(16)26-18)22-21-11-14-5-7-15(8-6-14)23-10-9-20-13-23/h1-11,13,18H,12H2,(H,22,24)/t18-/m0/s1. The highest BCUT2D eigenvalue weighted by molar-refractivity contribution is 5.85. The van der Waals surface area contributed by atoms with Crippen molar-refractivity contribution in [3.63, 3.8) is 0 Å². The summed E-state index contributed by atoms with van der Waals surface area (Å²) in [4.78, 5) is 16.2. The van der Waals surface area contributed by atoms with Gasteiger partial charge in [0, 0.05) is 18.1 Å². The number of nitrogens with zero attached hydrogens (tertiary/aromatic N) is 3. The fraction of sp³-hybridized carbons (Fsp3) is 0.105. The zero-order valence-corrected chi connectivity index (χ0v) is 13.8. The Morgan fingerprint density at radius 3 is 2.77 bits per heavy atom. The van der Waals surface area contributed by atoms with Crippen LogP contribution in [0.15, 0.2) is 72.4 Å². The molecule has 0 unspecified atom stereocenters. The third kappa shape index (κ3) is 3.41. The van der Waals surface area contributed by atoms with E-state index >= 15 is 0 Å². The average molecular weight is 348 g/mol. The maximum atomic E-state index is 12.2. The fourth-order valence-electron chi connectivity index (χ4n) is 2.54. The van der Waals surface area contributed by atoms with E-state index in [1.807, 2.05) is 47.2 Å². The number of carbonyl (C=O) groups is 1. The van der Waals surface area contributed by atoms with Crippen molar-refractivity contribution in [1.82, 2.24) is 15.0 Å². The molecule has 2 heterocycles. The molecule has 0 saturated carbocycles. The van der Waals surface area contributed by atoms with Gasteiger partial charge in [-0.05, 0) is 29.8 Å². The third-order valence-electron chi connectivity index (χ3n) is 3.89. The van der Waals surface area contributed by atoms with E-state index in [0.717, 1.165) is 11.3 Å². The summed E-state index contributed by atoms with van der Waals surface area (Å²) in [5, 5.41) is 3.99. The van der Waals surface area contributed by atoms with Gasteiger partial charge in [-0.1, -0.05) is 24.3 Å². The minimum atomic E-state index is -0.731. The maximum Gasteiger partial charge on any atom is 0.284 e. The number of ether oxygens (including phenoxy) is 2. The van der Waals surface area contributed by atoms with Crippen molar-refractivity contribution in [2.24, 2.45) is 5.10 Å². The van der Waals surface area contributed by atoms with Crippen molar-refractivity contribution < 1.29 is 14.3 Å². The number of fused-ring (bicyclic) bond motifs is 1. The number of benzene rings is 2. The van der Waals surface area contributed by atoms with Crippen molar-refractivity contribution in [2.75, 3.05) is 6.61 Å². The van der Waals surface area contributed by atoms with Gasteiger partial charge in [0.05, 0.1) is 12.5 Å². The number of hydrazone groups is 1. The molecule has 0 fully saturated rings. The lowest BCUT2D eigenvalue weighted by molar-refractivity contribution is -0.130. The molecule has 4 rings (SSSR count). The first-order valence-electron chi connectivity index (χ1n) is 8.09. The molecule has 7 nitrogen and oxygen atoms in total. The number of imidazole rings is 1. The van der Waals surface area contributed by atoms with Crippen molar-refractivity contribution in [2.45, 2.75) is 6.10 Å². The van der Waals surface area contributed by atoms with E-state index < -0.39 is 6.10 Å². The molecule has 1 aliphatic heterocycles. The summed E-state index contributed by atoms with van der Waals surface area (Å²) < 4.78 is 13.1. The number of hydrogen-bond acceptors (Lipinski definition) is 5. The second kappa shape index (κ2) is 7.10. The topological polar surface area (TPSA) is 77.7 Å². The molecule has 1 aromatic heterocycles. The zero-order valence-electron chi connectivity index (χ0n) is 13.8. The molecular formula is C19H16N4O3. The van der Waals surface area contributed by atoms with Gasteiger partial charge in [-0.25, -0.2) is 10.4 Å². The van der Waals surface area contributed by atoms with E-state index in [0.29, 0.717) is 11.5 Å². The normalized spacial score (nSPS) is 15.8.